The van der Waals surface area contributed by atoms with Gasteiger partial charge in [0.2, 0.25) is 5.89 Å². The Morgan fingerprint density at radius 3 is 2.81 bits per heavy atom. The molecule has 1 fully saturated rings. The van der Waals surface area contributed by atoms with Crippen LogP contribution in [-0.4, -0.2) is 21.6 Å². The number of nitrogens with zero attached hydrogens (tertiary/aromatic N) is 3. The number of hydrogen-bond acceptors (Lipinski definition) is 4. The van der Waals surface area contributed by atoms with E-state index in [4.69, 9.17) is 4.52 Å². The maximum atomic E-state index is 13.8. The van der Waals surface area contributed by atoms with Gasteiger partial charge in [0, 0.05) is 12.5 Å². The van der Waals surface area contributed by atoms with Gasteiger partial charge >= 0.3 is 0 Å². The fourth-order valence-electron chi connectivity index (χ4n) is 3.68. The summed E-state index contributed by atoms with van der Waals surface area (Å²) in [6, 6.07) is 13.5. The summed E-state index contributed by atoms with van der Waals surface area (Å²) < 4.78 is 32.8. The van der Waals surface area contributed by atoms with Crippen molar-refractivity contribution in [3.8, 4) is 0 Å². The zero-order valence-corrected chi connectivity index (χ0v) is 14.9. The largest absolute Gasteiger partial charge is 0.338 e. The van der Waals surface area contributed by atoms with Crippen LogP contribution in [0.5, 0.6) is 0 Å². The summed E-state index contributed by atoms with van der Waals surface area (Å²) in [4.78, 5) is 6.67. The zero-order chi connectivity index (χ0) is 18.6. The van der Waals surface area contributed by atoms with E-state index in [1.54, 1.807) is 30.3 Å². The standard InChI is InChI=1S/C21H21F2N3O/c22-17-8-5-7-16(12-17)19-10-3-4-11-26(19)14-21-24-20(25-27-21)13-15-6-1-2-9-18(15)23/h1-2,5-9,12,19H,3-4,10-11,13-14H2/t19-/m1/s1. The molecule has 0 spiro atoms. The predicted molar refractivity (Wildman–Crippen MR) is 96.9 cm³/mol. The van der Waals surface area contributed by atoms with Crippen LogP contribution in [0.2, 0.25) is 0 Å². The van der Waals surface area contributed by atoms with Gasteiger partial charge in [0.1, 0.15) is 11.6 Å². The van der Waals surface area contributed by atoms with Crippen LogP contribution >= 0.6 is 0 Å². The lowest BCUT2D eigenvalue weighted by molar-refractivity contribution is 0.123. The highest BCUT2D eigenvalue weighted by molar-refractivity contribution is 5.22. The number of piperidine rings is 1. The van der Waals surface area contributed by atoms with Crippen LogP contribution in [-0.2, 0) is 13.0 Å². The summed E-state index contributed by atoms with van der Waals surface area (Å²) in [5.41, 5.74) is 1.52. The molecule has 2 aromatic carbocycles. The molecule has 0 saturated carbocycles. The zero-order valence-electron chi connectivity index (χ0n) is 14.9. The van der Waals surface area contributed by atoms with Crippen LogP contribution < -0.4 is 0 Å². The van der Waals surface area contributed by atoms with Crippen molar-refractivity contribution in [3.63, 3.8) is 0 Å². The lowest BCUT2D eigenvalue weighted by Gasteiger charge is -2.35. The lowest BCUT2D eigenvalue weighted by atomic mass is 9.95. The molecule has 0 bridgehead atoms. The van der Waals surface area contributed by atoms with Gasteiger partial charge in [0.05, 0.1) is 6.54 Å². The molecule has 0 aliphatic carbocycles. The van der Waals surface area contributed by atoms with Crippen molar-refractivity contribution in [2.75, 3.05) is 6.54 Å². The molecule has 2 heterocycles. The van der Waals surface area contributed by atoms with E-state index >= 15 is 0 Å². The van der Waals surface area contributed by atoms with E-state index in [1.807, 2.05) is 6.07 Å². The first-order chi connectivity index (χ1) is 13.2. The minimum Gasteiger partial charge on any atom is -0.338 e. The Balaban J connectivity index is 1.48. The number of rotatable bonds is 5. The highest BCUT2D eigenvalue weighted by Gasteiger charge is 2.26. The number of benzene rings is 2. The summed E-state index contributed by atoms with van der Waals surface area (Å²) in [6.07, 6.45) is 3.46. The van der Waals surface area contributed by atoms with Crippen molar-refractivity contribution in [1.82, 2.24) is 15.0 Å². The quantitative estimate of drug-likeness (QED) is 0.656. The highest BCUT2D eigenvalue weighted by atomic mass is 19.1. The Hall–Kier alpha value is -2.60. The van der Waals surface area contributed by atoms with Crippen LogP contribution in [0.3, 0.4) is 0 Å². The van der Waals surface area contributed by atoms with Crippen molar-refractivity contribution in [3.05, 3.63) is 83.0 Å². The lowest BCUT2D eigenvalue weighted by Crippen LogP contribution is -2.33. The minimum atomic E-state index is -0.272. The first-order valence-electron chi connectivity index (χ1n) is 9.23. The Bertz CT molecular complexity index is 912. The second-order valence-corrected chi connectivity index (χ2v) is 6.91. The monoisotopic (exact) mass is 369 g/mol. The number of halogens is 2. The first-order valence-corrected chi connectivity index (χ1v) is 9.23. The fourth-order valence-corrected chi connectivity index (χ4v) is 3.68. The van der Waals surface area contributed by atoms with E-state index in [1.165, 1.54) is 12.1 Å². The van der Waals surface area contributed by atoms with E-state index in [9.17, 15) is 8.78 Å². The van der Waals surface area contributed by atoms with Gasteiger partial charge in [0.25, 0.3) is 0 Å². The van der Waals surface area contributed by atoms with Crippen molar-refractivity contribution in [1.29, 1.82) is 0 Å². The summed E-state index contributed by atoms with van der Waals surface area (Å²) in [5, 5.41) is 3.99. The topological polar surface area (TPSA) is 42.2 Å². The Kier molecular flexibility index (Phi) is 5.25. The minimum absolute atomic E-state index is 0.136. The smallest absolute Gasteiger partial charge is 0.240 e. The third-order valence-corrected chi connectivity index (χ3v) is 5.00. The van der Waals surface area contributed by atoms with Gasteiger partial charge in [-0.2, -0.15) is 4.98 Å². The fraction of sp³-hybridized carbons (Fsp3) is 0.333. The third-order valence-electron chi connectivity index (χ3n) is 5.00. The van der Waals surface area contributed by atoms with Crippen molar-refractivity contribution in [2.24, 2.45) is 0 Å². The predicted octanol–water partition coefficient (Wildman–Crippen LogP) is 4.67. The van der Waals surface area contributed by atoms with E-state index in [0.29, 0.717) is 30.2 Å². The SMILES string of the molecule is Fc1cccc([C@H]2CCCCN2Cc2nc(Cc3ccccc3F)no2)c1. The van der Waals surface area contributed by atoms with E-state index < -0.39 is 0 Å². The maximum Gasteiger partial charge on any atom is 0.240 e. The second-order valence-electron chi connectivity index (χ2n) is 6.91. The van der Waals surface area contributed by atoms with Gasteiger partial charge in [-0.25, -0.2) is 8.78 Å². The molecule has 0 amide bonds. The molecule has 140 valence electrons. The van der Waals surface area contributed by atoms with Crippen molar-refractivity contribution < 1.29 is 13.3 Å². The van der Waals surface area contributed by atoms with E-state index in [-0.39, 0.29) is 17.7 Å². The summed E-state index contributed by atoms with van der Waals surface area (Å²) in [7, 11) is 0. The third kappa shape index (κ3) is 4.22. The second kappa shape index (κ2) is 7.96. The molecule has 1 aromatic heterocycles. The van der Waals surface area contributed by atoms with E-state index in [2.05, 4.69) is 15.0 Å². The molecule has 0 N–H and O–H groups in total. The molecule has 1 saturated heterocycles. The van der Waals surface area contributed by atoms with Gasteiger partial charge < -0.3 is 4.52 Å². The van der Waals surface area contributed by atoms with Crippen LogP contribution in [0.25, 0.3) is 0 Å². The number of aromatic nitrogens is 2. The number of likely N-dealkylation sites (tertiary alicyclic amines) is 1. The van der Waals surface area contributed by atoms with Gasteiger partial charge in [-0.05, 0) is 48.7 Å². The molecular weight excluding hydrogens is 348 g/mol. The average molecular weight is 369 g/mol. The first kappa shape index (κ1) is 17.8. The molecule has 1 aliphatic heterocycles. The van der Waals surface area contributed by atoms with Gasteiger partial charge in [-0.3, -0.25) is 4.90 Å². The molecule has 1 aliphatic rings. The Labute approximate surface area is 156 Å². The molecule has 4 rings (SSSR count). The Morgan fingerprint density at radius 2 is 1.96 bits per heavy atom. The van der Waals surface area contributed by atoms with Crippen LogP contribution in [0, 0.1) is 11.6 Å². The average Bonchev–Trinajstić information content (AvgIpc) is 3.11. The van der Waals surface area contributed by atoms with Gasteiger partial charge in [-0.1, -0.05) is 41.9 Å². The number of hydrogen-bond donors (Lipinski definition) is 0. The van der Waals surface area contributed by atoms with Crippen molar-refractivity contribution >= 4 is 0 Å². The molecule has 1 atom stereocenters. The maximum absolute atomic E-state index is 13.8. The van der Waals surface area contributed by atoms with E-state index in [0.717, 1.165) is 31.4 Å². The molecule has 0 unspecified atom stereocenters. The summed E-state index contributed by atoms with van der Waals surface area (Å²) in [5.74, 6) is 0.480. The van der Waals surface area contributed by atoms with Crippen LogP contribution in [0.15, 0.2) is 53.1 Å². The van der Waals surface area contributed by atoms with Crippen molar-refractivity contribution in [2.45, 2.75) is 38.3 Å². The molecule has 0 radical (unpaired) electrons. The van der Waals surface area contributed by atoms with Crippen LogP contribution in [0.4, 0.5) is 8.78 Å². The Morgan fingerprint density at radius 1 is 1.07 bits per heavy atom. The summed E-state index contributed by atoms with van der Waals surface area (Å²) >= 11 is 0. The molecule has 3 aromatic rings. The highest BCUT2D eigenvalue weighted by Crippen LogP contribution is 2.32. The normalized spacial score (nSPS) is 17.9. The molecule has 6 heteroatoms. The van der Waals surface area contributed by atoms with Gasteiger partial charge in [0.15, 0.2) is 5.82 Å². The summed E-state index contributed by atoms with van der Waals surface area (Å²) in [6.45, 7) is 1.40. The van der Waals surface area contributed by atoms with Gasteiger partial charge in [-0.15, -0.1) is 0 Å². The molecule has 27 heavy (non-hydrogen) atoms. The molecular formula is C21H21F2N3O. The molecule has 4 nitrogen and oxygen atoms in total. The van der Waals surface area contributed by atoms with Crippen LogP contribution in [0.1, 0.15) is 48.1 Å².